The van der Waals surface area contributed by atoms with E-state index < -0.39 is 0 Å². The molecule has 94 valence electrons. The fraction of sp³-hybridized carbons (Fsp3) is 0.500. The molecule has 0 heterocycles. The minimum absolute atomic E-state index is 0.184. The van der Waals surface area contributed by atoms with Crippen LogP contribution in [0.25, 0.3) is 0 Å². The van der Waals surface area contributed by atoms with Gasteiger partial charge in [-0.05, 0) is 44.4 Å². The number of hydrogen-bond acceptors (Lipinski definition) is 1. The lowest BCUT2D eigenvalue weighted by Gasteiger charge is -2.21. The minimum Gasteiger partial charge on any atom is -0.313 e. The number of alkyl halides is 1. The molecule has 0 fully saturated rings. The zero-order valence-electron chi connectivity index (χ0n) is 10.6. The van der Waals surface area contributed by atoms with Gasteiger partial charge in [0.25, 0.3) is 0 Å². The van der Waals surface area contributed by atoms with E-state index in [0.29, 0.717) is 18.8 Å². The van der Waals surface area contributed by atoms with Crippen LogP contribution in [0.15, 0.2) is 24.3 Å². The van der Waals surface area contributed by atoms with Crippen LogP contribution in [0.1, 0.15) is 31.7 Å². The number of amides is 1. The van der Waals surface area contributed by atoms with Crippen molar-refractivity contribution >= 4 is 23.2 Å². The predicted octanol–water partition coefficient (Wildman–Crippen LogP) is 3.76. The van der Waals surface area contributed by atoms with Gasteiger partial charge in [-0.3, -0.25) is 4.79 Å². The van der Waals surface area contributed by atoms with Crippen LogP contribution in [0.5, 0.6) is 0 Å². The number of rotatable bonds is 6. The highest BCUT2D eigenvalue weighted by Gasteiger charge is 2.12. The summed E-state index contributed by atoms with van der Waals surface area (Å²) in [4.78, 5) is 13.9. The summed E-state index contributed by atoms with van der Waals surface area (Å²) in [6.45, 7) is 4.75. The third-order valence-electron chi connectivity index (χ3n) is 2.70. The Kier molecular flexibility index (Phi) is 6.06. The average molecular weight is 254 g/mol. The number of aryl methyl sites for hydroxylation is 1. The maximum Gasteiger partial charge on any atom is 0.226 e. The molecule has 0 unspecified atom stereocenters. The van der Waals surface area contributed by atoms with Gasteiger partial charge in [-0.25, -0.2) is 0 Å². The van der Waals surface area contributed by atoms with Gasteiger partial charge in [-0.1, -0.05) is 12.1 Å². The van der Waals surface area contributed by atoms with Crippen molar-refractivity contribution in [1.82, 2.24) is 0 Å². The van der Waals surface area contributed by atoms with Crippen molar-refractivity contribution in [3.63, 3.8) is 0 Å². The van der Waals surface area contributed by atoms with E-state index in [1.54, 1.807) is 0 Å². The number of halogens is 1. The molecule has 1 rings (SSSR count). The summed E-state index contributed by atoms with van der Waals surface area (Å²) in [5, 5.41) is 0. The molecule has 0 aromatic heterocycles. The second kappa shape index (κ2) is 7.33. The lowest BCUT2D eigenvalue weighted by atomic mass is 10.2. The molecule has 1 aromatic rings. The Bertz CT molecular complexity index is 365. The average Bonchev–Trinajstić information content (AvgIpc) is 2.30. The quantitative estimate of drug-likeness (QED) is 0.558. The molecule has 0 radical (unpaired) electrons. The van der Waals surface area contributed by atoms with Gasteiger partial charge >= 0.3 is 0 Å². The topological polar surface area (TPSA) is 20.3 Å². The molecule has 2 nitrogen and oxygen atoms in total. The molecular formula is C14H20ClNO. The number of hydrogen-bond donors (Lipinski definition) is 0. The molecule has 0 saturated heterocycles. The van der Waals surface area contributed by atoms with Crippen LogP contribution >= 0.6 is 11.6 Å². The van der Waals surface area contributed by atoms with Gasteiger partial charge in [0, 0.05) is 24.5 Å². The first-order chi connectivity index (χ1) is 8.19. The Labute approximate surface area is 109 Å². The molecule has 17 heavy (non-hydrogen) atoms. The van der Waals surface area contributed by atoms with E-state index in [2.05, 4.69) is 0 Å². The van der Waals surface area contributed by atoms with Crippen LogP contribution in [0.3, 0.4) is 0 Å². The van der Waals surface area contributed by atoms with E-state index in [1.165, 1.54) is 5.56 Å². The molecular weight excluding hydrogens is 234 g/mol. The van der Waals surface area contributed by atoms with Crippen LogP contribution in [-0.4, -0.2) is 18.3 Å². The molecule has 0 spiro atoms. The van der Waals surface area contributed by atoms with Gasteiger partial charge in [0.2, 0.25) is 5.91 Å². The van der Waals surface area contributed by atoms with Crippen molar-refractivity contribution in [3.8, 4) is 0 Å². The summed E-state index contributed by atoms with van der Waals surface area (Å²) in [7, 11) is 0. The first-order valence-corrected chi connectivity index (χ1v) is 6.65. The van der Waals surface area contributed by atoms with Crippen LogP contribution in [0.4, 0.5) is 5.69 Å². The predicted molar refractivity (Wildman–Crippen MR) is 73.8 cm³/mol. The summed E-state index contributed by atoms with van der Waals surface area (Å²) in [5.41, 5.74) is 2.16. The summed E-state index contributed by atoms with van der Waals surface area (Å²) < 4.78 is 0. The van der Waals surface area contributed by atoms with Crippen molar-refractivity contribution in [2.24, 2.45) is 0 Å². The second-order valence-corrected chi connectivity index (χ2v) is 4.50. The summed E-state index contributed by atoms with van der Waals surface area (Å²) in [6, 6.07) is 8.05. The first kappa shape index (κ1) is 14.0. The smallest absolute Gasteiger partial charge is 0.226 e. The van der Waals surface area contributed by atoms with Gasteiger partial charge in [0.15, 0.2) is 0 Å². The third kappa shape index (κ3) is 4.39. The summed E-state index contributed by atoms with van der Waals surface area (Å²) >= 11 is 5.61. The number of unbranched alkanes of at least 4 members (excludes halogenated alkanes) is 1. The second-order valence-electron chi connectivity index (χ2n) is 4.12. The van der Waals surface area contributed by atoms with Gasteiger partial charge < -0.3 is 4.90 Å². The Balaban J connectivity index is 2.67. The summed E-state index contributed by atoms with van der Waals surface area (Å²) in [6.07, 6.45) is 2.35. The molecule has 0 aliphatic carbocycles. The Hall–Kier alpha value is -1.02. The van der Waals surface area contributed by atoms with Gasteiger partial charge in [-0.15, -0.1) is 11.6 Å². The van der Waals surface area contributed by atoms with Crippen molar-refractivity contribution in [2.45, 2.75) is 33.1 Å². The van der Waals surface area contributed by atoms with Crippen molar-refractivity contribution in [2.75, 3.05) is 17.3 Å². The number of benzene rings is 1. The van der Waals surface area contributed by atoms with E-state index >= 15 is 0 Å². The molecule has 3 heteroatoms. The lowest BCUT2D eigenvalue weighted by molar-refractivity contribution is -0.118. The van der Waals surface area contributed by atoms with E-state index in [4.69, 9.17) is 11.6 Å². The number of carbonyl (C=O) groups excluding carboxylic acids is 1. The third-order valence-corrected chi connectivity index (χ3v) is 2.97. The molecule has 1 amide bonds. The monoisotopic (exact) mass is 253 g/mol. The SMILES string of the molecule is CCN(C(=O)CCCCCl)c1cccc(C)c1. The number of carbonyl (C=O) groups is 1. The van der Waals surface area contributed by atoms with Crippen molar-refractivity contribution in [3.05, 3.63) is 29.8 Å². The number of anilines is 1. The summed E-state index contributed by atoms with van der Waals surface area (Å²) in [5.74, 6) is 0.812. The van der Waals surface area contributed by atoms with E-state index in [9.17, 15) is 4.79 Å². The van der Waals surface area contributed by atoms with Crippen LogP contribution in [0.2, 0.25) is 0 Å². The minimum atomic E-state index is 0.184. The number of nitrogens with zero attached hydrogens (tertiary/aromatic N) is 1. The highest BCUT2D eigenvalue weighted by Crippen LogP contribution is 2.17. The Morgan fingerprint density at radius 2 is 2.12 bits per heavy atom. The van der Waals surface area contributed by atoms with Crippen LogP contribution in [0, 0.1) is 6.92 Å². The molecule has 0 atom stereocenters. The largest absolute Gasteiger partial charge is 0.313 e. The highest BCUT2D eigenvalue weighted by atomic mass is 35.5. The van der Waals surface area contributed by atoms with E-state index in [-0.39, 0.29) is 5.91 Å². The molecule has 0 bridgehead atoms. The molecule has 0 saturated carbocycles. The van der Waals surface area contributed by atoms with E-state index in [0.717, 1.165) is 18.5 Å². The van der Waals surface area contributed by atoms with Gasteiger partial charge in [0.05, 0.1) is 0 Å². The molecule has 1 aromatic carbocycles. The van der Waals surface area contributed by atoms with Gasteiger partial charge in [0.1, 0.15) is 0 Å². The zero-order chi connectivity index (χ0) is 12.7. The Morgan fingerprint density at radius 3 is 2.71 bits per heavy atom. The van der Waals surface area contributed by atoms with Crippen LogP contribution in [-0.2, 0) is 4.79 Å². The zero-order valence-corrected chi connectivity index (χ0v) is 11.3. The first-order valence-electron chi connectivity index (χ1n) is 6.12. The fourth-order valence-corrected chi connectivity index (χ4v) is 1.99. The Morgan fingerprint density at radius 1 is 1.35 bits per heavy atom. The molecule has 0 aliphatic heterocycles. The fourth-order valence-electron chi connectivity index (χ4n) is 1.80. The van der Waals surface area contributed by atoms with Crippen molar-refractivity contribution < 1.29 is 4.79 Å². The molecule has 0 N–H and O–H groups in total. The maximum absolute atomic E-state index is 12.0. The molecule has 0 aliphatic rings. The maximum atomic E-state index is 12.0. The van der Waals surface area contributed by atoms with Crippen molar-refractivity contribution in [1.29, 1.82) is 0 Å². The van der Waals surface area contributed by atoms with Gasteiger partial charge in [-0.2, -0.15) is 0 Å². The van der Waals surface area contributed by atoms with Crippen LogP contribution < -0.4 is 4.90 Å². The standard InChI is InChI=1S/C14H20ClNO/c1-3-16(14(17)9-4-5-10-15)13-8-6-7-12(2)11-13/h6-8,11H,3-5,9-10H2,1-2H3. The highest BCUT2D eigenvalue weighted by molar-refractivity contribution is 6.17. The van der Waals surface area contributed by atoms with E-state index in [1.807, 2.05) is 43.0 Å². The normalized spacial score (nSPS) is 10.3. The lowest BCUT2D eigenvalue weighted by Crippen LogP contribution is -2.30.